The van der Waals surface area contributed by atoms with E-state index in [2.05, 4.69) is 11.9 Å². The van der Waals surface area contributed by atoms with Gasteiger partial charge >= 0.3 is 9.28 Å². The summed E-state index contributed by atoms with van der Waals surface area (Å²) in [5.41, 5.74) is 0.556. The van der Waals surface area contributed by atoms with E-state index in [0.29, 0.717) is 12.1 Å². The van der Waals surface area contributed by atoms with Crippen LogP contribution in [0.2, 0.25) is 6.04 Å². The third-order valence-electron chi connectivity index (χ3n) is 2.24. The Morgan fingerprint density at radius 1 is 1.24 bits per heavy atom. The van der Waals surface area contributed by atoms with Gasteiger partial charge in [0.15, 0.2) is 0 Å². The van der Waals surface area contributed by atoms with Crippen molar-refractivity contribution >= 4 is 15.2 Å². The smallest absolute Gasteiger partial charge is 0.321 e. The van der Waals surface area contributed by atoms with Crippen molar-refractivity contribution in [2.75, 3.05) is 19.8 Å². The fraction of sp³-hybridized carbons (Fsp3) is 0.750. The predicted octanol–water partition coefficient (Wildman–Crippen LogP) is 1.75. The van der Waals surface area contributed by atoms with Crippen LogP contribution in [0.5, 0.6) is 0 Å². The summed E-state index contributed by atoms with van der Waals surface area (Å²) < 4.78 is 11.1. The number of rotatable bonds is 10. The summed E-state index contributed by atoms with van der Waals surface area (Å²) in [5, 5.41) is 2.82. The Morgan fingerprint density at radius 2 is 1.82 bits per heavy atom. The first kappa shape index (κ1) is 16.3. The molecular formula is C12H25NO3Si. The van der Waals surface area contributed by atoms with Crippen molar-refractivity contribution in [2.24, 2.45) is 0 Å². The number of hydrogen-bond acceptors (Lipinski definition) is 3. The Hall–Kier alpha value is -0.653. The van der Waals surface area contributed by atoms with Crippen LogP contribution in [0.15, 0.2) is 12.2 Å². The van der Waals surface area contributed by atoms with Gasteiger partial charge in [0.25, 0.3) is 0 Å². The van der Waals surface area contributed by atoms with Gasteiger partial charge in [-0.1, -0.05) is 6.58 Å². The zero-order valence-corrected chi connectivity index (χ0v) is 12.4. The highest BCUT2D eigenvalue weighted by Gasteiger charge is 2.11. The molecule has 17 heavy (non-hydrogen) atoms. The molecule has 0 atom stereocenters. The van der Waals surface area contributed by atoms with Crippen molar-refractivity contribution in [1.82, 2.24) is 5.32 Å². The molecule has 100 valence electrons. The molecule has 0 bridgehead atoms. The van der Waals surface area contributed by atoms with Crippen LogP contribution >= 0.6 is 0 Å². The molecule has 5 heteroatoms. The highest BCUT2D eigenvalue weighted by molar-refractivity contribution is 6.44. The lowest BCUT2D eigenvalue weighted by Gasteiger charge is -2.14. The van der Waals surface area contributed by atoms with Gasteiger partial charge in [-0.25, -0.2) is 0 Å². The van der Waals surface area contributed by atoms with Crippen LogP contribution in [0, 0.1) is 0 Å². The van der Waals surface area contributed by atoms with E-state index >= 15 is 0 Å². The van der Waals surface area contributed by atoms with Crippen LogP contribution in [0.1, 0.15) is 33.6 Å². The first-order chi connectivity index (χ1) is 8.11. The summed E-state index contributed by atoms with van der Waals surface area (Å²) in [4.78, 5) is 11.2. The van der Waals surface area contributed by atoms with Gasteiger partial charge in [0.2, 0.25) is 5.91 Å². The Morgan fingerprint density at radius 3 is 2.29 bits per heavy atom. The highest BCUT2D eigenvalue weighted by atomic mass is 28.3. The molecule has 0 saturated heterocycles. The topological polar surface area (TPSA) is 47.6 Å². The molecule has 0 fully saturated rings. The Labute approximate surface area is 106 Å². The molecule has 0 heterocycles. The van der Waals surface area contributed by atoms with Crippen molar-refractivity contribution in [3.63, 3.8) is 0 Å². The highest BCUT2D eigenvalue weighted by Crippen LogP contribution is 2.04. The number of carbonyl (C=O) groups excluding carboxylic acids is 1. The molecule has 0 aliphatic heterocycles. The number of nitrogens with one attached hydrogen (secondary N) is 1. The van der Waals surface area contributed by atoms with E-state index in [4.69, 9.17) is 8.85 Å². The standard InChI is InChI=1S/C12H25NO3Si/c1-5-15-17(16-6-2)10-8-7-9-13-12(14)11(3)4/h17H,3,5-10H2,1-2,4H3,(H,13,14). The van der Waals surface area contributed by atoms with E-state index < -0.39 is 9.28 Å². The summed E-state index contributed by atoms with van der Waals surface area (Å²) in [7, 11) is -1.45. The Bertz CT molecular complexity index is 228. The largest absolute Gasteiger partial charge is 0.397 e. The van der Waals surface area contributed by atoms with Gasteiger partial charge in [0.05, 0.1) is 0 Å². The lowest BCUT2D eigenvalue weighted by Crippen LogP contribution is -2.26. The monoisotopic (exact) mass is 259 g/mol. The maximum Gasteiger partial charge on any atom is 0.321 e. The number of unbranched alkanes of at least 4 members (excludes halogenated alkanes) is 1. The second kappa shape index (κ2) is 10.5. The summed E-state index contributed by atoms with van der Waals surface area (Å²) in [6.07, 6.45) is 2.00. The number of carbonyl (C=O) groups is 1. The van der Waals surface area contributed by atoms with Gasteiger partial charge in [-0.3, -0.25) is 4.79 Å². The van der Waals surface area contributed by atoms with E-state index in [-0.39, 0.29) is 5.91 Å². The van der Waals surface area contributed by atoms with E-state index in [9.17, 15) is 4.79 Å². The van der Waals surface area contributed by atoms with Crippen molar-refractivity contribution in [1.29, 1.82) is 0 Å². The normalized spacial score (nSPS) is 10.6. The van der Waals surface area contributed by atoms with Crippen molar-refractivity contribution in [3.8, 4) is 0 Å². The molecule has 0 rings (SSSR count). The van der Waals surface area contributed by atoms with Gasteiger partial charge in [0, 0.05) is 25.3 Å². The van der Waals surface area contributed by atoms with E-state index in [0.717, 1.165) is 32.1 Å². The minimum absolute atomic E-state index is 0.0617. The third kappa shape index (κ3) is 9.09. The maximum atomic E-state index is 11.2. The minimum atomic E-state index is -1.45. The summed E-state index contributed by atoms with van der Waals surface area (Å²) in [5.74, 6) is -0.0617. The first-order valence-corrected chi connectivity index (χ1v) is 8.04. The second-order valence-corrected chi connectivity index (χ2v) is 5.98. The Kier molecular flexibility index (Phi) is 10.1. The number of hydrogen-bond donors (Lipinski definition) is 1. The summed E-state index contributed by atoms with van der Waals surface area (Å²) in [6.45, 7) is 11.4. The van der Waals surface area contributed by atoms with Gasteiger partial charge in [-0.15, -0.1) is 0 Å². The van der Waals surface area contributed by atoms with Crippen LogP contribution < -0.4 is 5.32 Å². The van der Waals surface area contributed by atoms with Gasteiger partial charge < -0.3 is 14.2 Å². The van der Waals surface area contributed by atoms with Crippen LogP contribution in [-0.2, 0) is 13.6 Å². The zero-order chi connectivity index (χ0) is 13.1. The fourth-order valence-electron chi connectivity index (χ4n) is 1.38. The third-order valence-corrected chi connectivity index (χ3v) is 4.53. The SMILES string of the molecule is C=C(C)C(=O)NCCCC[SiH](OCC)OCC. The molecular weight excluding hydrogens is 234 g/mol. The summed E-state index contributed by atoms with van der Waals surface area (Å²) >= 11 is 0. The maximum absolute atomic E-state index is 11.2. The van der Waals surface area contributed by atoms with Crippen LogP contribution in [0.3, 0.4) is 0 Å². The Balaban J connectivity index is 3.54. The molecule has 4 nitrogen and oxygen atoms in total. The molecule has 0 aliphatic carbocycles. The molecule has 0 aliphatic rings. The molecule has 0 radical (unpaired) electrons. The first-order valence-electron chi connectivity index (χ1n) is 6.28. The van der Waals surface area contributed by atoms with Crippen LogP contribution in [0.25, 0.3) is 0 Å². The molecule has 0 unspecified atom stereocenters. The minimum Gasteiger partial charge on any atom is -0.397 e. The average Bonchev–Trinajstić information content (AvgIpc) is 2.28. The van der Waals surface area contributed by atoms with Crippen molar-refractivity contribution in [2.45, 2.75) is 39.7 Å². The zero-order valence-electron chi connectivity index (χ0n) is 11.3. The number of amides is 1. The summed E-state index contributed by atoms with van der Waals surface area (Å²) in [6, 6.07) is 1.00. The molecule has 0 spiro atoms. The molecule has 1 amide bonds. The van der Waals surface area contributed by atoms with Gasteiger partial charge in [-0.2, -0.15) is 0 Å². The van der Waals surface area contributed by atoms with Crippen molar-refractivity contribution < 1.29 is 13.6 Å². The molecule has 0 aromatic rings. The lowest BCUT2D eigenvalue weighted by atomic mass is 10.3. The van der Waals surface area contributed by atoms with E-state index in [1.54, 1.807) is 6.92 Å². The average molecular weight is 259 g/mol. The van der Waals surface area contributed by atoms with E-state index in [1.807, 2.05) is 13.8 Å². The van der Waals surface area contributed by atoms with Crippen molar-refractivity contribution in [3.05, 3.63) is 12.2 Å². The molecule has 0 saturated carbocycles. The van der Waals surface area contributed by atoms with Gasteiger partial charge in [0.1, 0.15) is 0 Å². The van der Waals surface area contributed by atoms with Crippen LogP contribution in [0.4, 0.5) is 0 Å². The van der Waals surface area contributed by atoms with E-state index in [1.165, 1.54) is 0 Å². The molecule has 1 N–H and O–H groups in total. The van der Waals surface area contributed by atoms with Crippen LogP contribution in [-0.4, -0.2) is 34.9 Å². The second-order valence-electron chi connectivity index (χ2n) is 3.87. The molecule has 0 aromatic heterocycles. The predicted molar refractivity (Wildman–Crippen MR) is 72.3 cm³/mol. The molecule has 0 aromatic carbocycles. The lowest BCUT2D eigenvalue weighted by molar-refractivity contribution is -0.117. The quantitative estimate of drug-likeness (QED) is 0.369. The fourth-order valence-corrected chi connectivity index (χ4v) is 3.17. The van der Waals surface area contributed by atoms with Gasteiger partial charge in [-0.05, 0) is 39.7 Å².